The van der Waals surface area contributed by atoms with Gasteiger partial charge in [0.1, 0.15) is 11.6 Å². The number of amides is 3. The maximum Gasteiger partial charge on any atom is 0.347 e. The molecule has 1 fully saturated rings. The lowest BCUT2D eigenvalue weighted by Gasteiger charge is -2.36. The summed E-state index contributed by atoms with van der Waals surface area (Å²) < 4.78 is 24.2. The van der Waals surface area contributed by atoms with E-state index in [9.17, 15) is 18.8 Å². The van der Waals surface area contributed by atoms with E-state index in [1.54, 1.807) is 0 Å². The summed E-state index contributed by atoms with van der Waals surface area (Å²) in [5.74, 6) is -1.69. The summed E-state index contributed by atoms with van der Waals surface area (Å²) in [5, 5.41) is 4.61. The van der Waals surface area contributed by atoms with Crippen molar-refractivity contribution in [2.45, 2.75) is 31.4 Å². The molecule has 8 heteroatoms. The Morgan fingerprint density at radius 1 is 1.48 bits per heavy atom. The molecular formula is C15H15FN2O5. The Kier molecular flexibility index (Phi) is 3.67. The number of carbonyl (C=O) groups is 3. The number of benzene rings is 1. The predicted octanol–water partition coefficient (Wildman–Crippen LogP) is 0.965. The first-order valence-electron chi connectivity index (χ1n) is 7.23. The normalized spacial score (nSPS) is 25.4. The Morgan fingerprint density at radius 2 is 2.26 bits per heavy atom. The van der Waals surface area contributed by atoms with E-state index >= 15 is 0 Å². The van der Waals surface area contributed by atoms with Gasteiger partial charge in [0.2, 0.25) is 0 Å². The van der Waals surface area contributed by atoms with E-state index in [0.717, 1.165) is 12.1 Å². The average molecular weight is 322 g/mol. The second kappa shape index (κ2) is 5.53. The van der Waals surface area contributed by atoms with Crippen molar-refractivity contribution in [1.29, 1.82) is 0 Å². The molecule has 3 rings (SSSR count). The number of imide groups is 1. The number of carbonyl (C=O) groups excluding carboxylic acids is 3. The summed E-state index contributed by atoms with van der Waals surface area (Å²) in [7, 11) is 0. The van der Waals surface area contributed by atoms with Gasteiger partial charge in [-0.25, -0.2) is 14.0 Å². The SMILES string of the molecule is CCCOC(=O)[C@H]1C[C@]2(NC(=O)NC2=O)c2cc(F)ccc2O1. The van der Waals surface area contributed by atoms with Crippen LogP contribution in [0.15, 0.2) is 18.2 Å². The van der Waals surface area contributed by atoms with Gasteiger partial charge in [-0.3, -0.25) is 10.1 Å². The molecule has 2 aliphatic heterocycles. The molecule has 0 aromatic heterocycles. The highest BCUT2D eigenvalue weighted by Crippen LogP contribution is 2.41. The number of hydrogen-bond acceptors (Lipinski definition) is 5. The summed E-state index contributed by atoms with van der Waals surface area (Å²) in [6, 6.07) is 2.89. The standard InChI is InChI=1S/C15H15FN2O5/c1-2-5-22-12(19)11-7-15(13(20)17-14(21)18-15)9-6-8(16)3-4-10(9)23-11/h3-4,6,11H,2,5,7H2,1H3,(H2,17,18,20,21)/t11-,15+/m1/s1. The van der Waals surface area contributed by atoms with E-state index in [1.165, 1.54) is 6.07 Å². The number of fused-ring (bicyclic) bond motifs is 2. The summed E-state index contributed by atoms with van der Waals surface area (Å²) in [5.41, 5.74) is -1.36. The minimum atomic E-state index is -1.54. The highest BCUT2D eigenvalue weighted by molar-refractivity contribution is 6.08. The van der Waals surface area contributed by atoms with Gasteiger partial charge in [-0.1, -0.05) is 6.92 Å². The third-order valence-electron chi connectivity index (χ3n) is 3.82. The molecule has 2 heterocycles. The van der Waals surface area contributed by atoms with Gasteiger partial charge in [-0.15, -0.1) is 0 Å². The number of rotatable bonds is 3. The molecule has 1 spiro atoms. The lowest BCUT2D eigenvalue weighted by molar-refractivity contribution is -0.154. The minimum absolute atomic E-state index is 0.161. The van der Waals surface area contributed by atoms with Crippen LogP contribution >= 0.6 is 0 Å². The molecule has 0 radical (unpaired) electrons. The summed E-state index contributed by atoms with van der Waals surface area (Å²) in [6.45, 7) is 2.07. The largest absolute Gasteiger partial charge is 0.478 e. The first-order valence-corrected chi connectivity index (χ1v) is 7.23. The second-order valence-corrected chi connectivity index (χ2v) is 5.43. The zero-order chi connectivity index (χ0) is 16.6. The third-order valence-corrected chi connectivity index (χ3v) is 3.82. The van der Waals surface area contributed by atoms with Crippen LogP contribution in [0.2, 0.25) is 0 Å². The molecule has 2 aliphatic rings. The van der Waals surface area contributed by atoms with Gasteiger partial charge in [0, 0.05) is 12.0 Å². The molecule has 3 amide bonds. The first kappa shape index (κ1) is 15.3. The van der Waals surface area contributed by atoms with Gasteiger partial charge < -0.3 is 14.8 Å². The number of nitrogens with one attached hydrogen (secondary N) is 2. The Balaban J connectivity index is 2.01. The van der Waals surface area contributed by atoms with E-state index in [2.05, 4.69) is 10.6 Å². The van der Waals surface area contributed by atoms with Crippen LogP contribution in [-0.4, -0.2) is 30.6 Å². The Bertz CT molecular complexity index is 692. The van der Waals surface area contributed by atoms with Crippen molar-refractivity contribution >= 4 is 17.9 Å². The van der Waals surface area contributed by atoms with Gasteiger partial charge in [0.05, 0.1) is 6.61 Å². The number of halogens is 1. The topological polar surface area (TPSA) is 93.7 Å². The molecule has 2 N–H and O–H groups in total. The maximum atomic E-state index is 13.6. The molecule has 0 saturated carbocycles. The highest BCUT2D eigenvalue weighted by Gasteiger charge is 2.55. The van der Waals surface area contributed by atoms with Crippen LogP contribution < -0.4 is 15.4 Å². The molecule has 23 heavy (non-hydrogen) atoms. The zero-order valence-corrected chi connectivity index (χ0v) is 12.3. The quantitative estimate of drug-likeness (QED) is 0.639. The van der Waals surface area contributed by atoms with E-state index in [0.29, 0.717) is 6.42 Å². The van der Waals surface area contributed by atoms with E-state index in [1.807, 2.05) is 6.92 Å². The number of ether oxygens (including phenoxy) is 2. The van der Waals surface area contributed by atoms with Crippen LogP contribution in [0.1, 0.15) is 25.3 Å². The van der Waals surface area contributed by atoms with Crippen LogP contribution in [0.4, 0.5) is 9.18 Å². The highest BCUT2D eigenvalue weighted by atomic mass is 19.1. The van der Waals surface area contributed by atoms with Crippen molar-refractivity contribution in [3.8, 4) is 5.75 Å². The molecule has 0 bridgehead atoms. The van der Waals surface area contributed by atoms with E-state index in [-0.39, 0.29) is 24.3 Å². The lowest BCUT2D eigenvalue weighted by Crippen LogP contribution is -2.52. The number of hydrogen-bond donors (Lipinski definition) is 2. The van der Waals surface area contributed by atoms with Crippen LogP contribution in [0.25, 0.3) is 0 Å². The van der Waals surface area contributed by atoms with E-state index in [4.69, 9.17) is 9.47 Å². The van der Waals surface area contributed by atoms with Gasteiger partial charge in [-0.05, 0) is 24.6 Å². The molecule has 1 aromatic carbocycles. The van der Waals surface area contributed by atoms with Crippen molar-refractivity contribution in [3.63, 3.8) is 0 Å². The molecule has 2 atom stereocenters. The Hall–Kier alpha value is -2.64. The molecular weight excluding hydrogens is 307 g/mol. The van der Waals surface area contributed by atoms with Gasteiger partial charge in [-0.2, -0.15) is 0 Å². The average Bonchev–Trinajstić information content (AvgIpc) is 2.79. The van der Waals surface area contributed by atoms with Crippen LogP contribution in [0, 0.1) is 5.82 Å². The van der Waals surface area contributed by atoms with Gasteiger partial charge >= 0.3 is 12.0 Å². The number of esters is 1. The number of urea groups is 1. The fourth-order valence-corrected chi connectivity index (χ4v) is 2.77. The van der Waals surface area contributed by atoms with E-state index < -0.39 is 35.4 Å². The van der Waals surface area contributed by atoms with Crippen LogP contribution in [0.3, 0.4) is 0 Å². The Labute approximate surface area is 131 Å². The molecule has 1 saturated heterocycles. The first-order chi connectivity index (χ1) is 11.0. The third kappa shape index (κ3) is 2.49. The van der Waals surface area contributed by atoms with Crippen molar-refractivity contribution in [1.82, 2.24) is 10.6 Å². The van der Waals surface area contributed by atoms with Crippen molar-refractivity contribution in [3.05, 3.63) is 29.6 Å². The second-order valence-electron chi connectivity index (χ2n) is 5.43. The lowest BCUT2D eigenvalue weighted by atomic mass is 9.81. The molecule has 1 aromatic rings. The predicted molar refractivity (Wildman–Crippen MR) is 75.0 cm³/mol. The fraction of sp³-hybridized carbons (Fsp3) is 0.400. The molecule has 7 nitrogen and oxygen atoms in total. The van der Waals surface area contributed by atoms with Crippen molar-refractivity contribution < 1.29 is 28.2 Å². The summed E-state index contributed by atoms with van der Waals surface area (Å²) in [6.07, 6.45) is -0.588. The van der Waals surface area contributed by atoms with Gasteiger partial charge in [0.15, 0.2) is 11.6 Å². The molecule has 0 aliphatic carbocycles. The Morgan fingerprint density at radius 3 is 2.91 bits per heavy atom. The summed E-state index contributed by atoms with van der Waals surface area (Å²) in [4.78, 5) is 36.0. The fourth-order valence-electron chi connectivity index (χ4n) is 2.77. The van der Waals surface area contributed by atoms with Crippen LogP contribution in [0.5, 0.6) is 5.75 Å². The van der Waals surface area contributed by atoms with Crippen molar-refractivity contribution in [2.24, 2.45) is 0 Å². The van der Waals surface area contributed by atoms with Crippen LogP contribution in [-0.2, 0) is 19.9 Å². The zero-order valence-electron chi connectivity index (χ0n) is 12.3. The van der Waals surface area contributed by atoms with Gasteiger partial charge in [0.25, 0.3) is 5.91 Å². The maximum absolute atomic E-state index is 13.6. The summed E-state index contributed by atoms with van der Waals surface area (Å²) >= 11 is 0. The smallest absolute Gasteiger partial charge is 0.347 e. The minimum Gasteiger partial charge on any atom is -0.478 e. The monoisotopic (exact) mass is 322 g/mol. The molecule has 122 valence electrons. The molecule has 0 unspecified atom stereocenters. The van der Waals surface area contributed by atoms with Crippen molar-refractivity contribution in [2.75, 3.05) is 6.61 Å².